The molecule has 0 aromatic heterocycles. The van der Waals surface area contributed by atoms with Gasteiger partial charge in [-0.1, -0.05) is 234 Å². The third-order valence-electron chi connectivity index (χ3n) is 12.8. The number of carbonyl (C=O) groups excluding carboxylic acids is 1. The van der Waals surface area contributed by atoms with Crippen LogP contribution in [0.15, 0.2) is 85.1 Å². The van der Waals surface area contributed by atoms with Crippen LogP contribution in [0.1, 0.15) is 226 Å². The van der Waals surface area contributed by atoms with Crippen LogP contribution in [-0.4, -0.2) is 97.5 Å². The van der Waals surface area contributed by atoms with Crippen LogP contribution >= 0.6 is 0 Å². The average Bonchev–Trinajstić information content (AvgIpc) is 3.37. The molecule has 4 N–H and O–H groups in total. The van der Waals surface area contributed by atoms with Gasteiger partial charge in [0.1, 0.15) is 30.5 Å². The standard InChI is InChI=1S/C60H104O12S/c1-3-5-7-9-11-13-15-17-19-21-23-25-26-27-28-29-31-33-35-37-39-41-43-45-47-49-56(62)70-54(53-69-60-58(64)59(72-73(65,66)67)57(63)55(51-61)71-60)52-68-50-48-46-44-42-40-38-36-34-32-30-24-22-20-18-16-14-12-10-8-6-4-2/h5,7,11,13,17,19,23,25,27-28,31,33,37,39,54-55,57-61,63-64H,3-4,6,8-10,12,14-16,18,20-22,24,26,29-30,32,34-36,38,40-53H2,1-2H3,(H,65,66,67)/b7-5-,13-11-,19-17-,25-23-,28-27-,33-31-,39-37-. The Balaban J connectivity index is 2.34. The number of hydrogen-bond donors (Lipinski definition) is 4. The minimum absolute atomic E-state index is 0.0201. The lowest BCUT2D eigenvalue weighted by atomic mass is 9.99. The van der Waals surface area contributed by atoms with Gasteiger partial charge in [-0.15, -0.1) is 0 Å². The molecule has 0 saturated carbocycles. The quantitative estimate of drug-likeness (QED) is 0.0196. The fourth-order valence-corrected chi connectivity index (χ4v) is 8.99. The monoisotopic (exact) mass is 1050 g/mol. The number of allylic oxidation sites excluding steroid dienone is 14. The van der Waals surface area contributed by atoms with Crippen molar-refractivity contribution >= 4 is 16.4 Å². The van der Waals surface area contributed by atoms with Gasteiger partial charge in [0.05, 0.1) is 19.8 Å². The molecule has 0 aliphatic carbocycles. The first kappa shape index (κ1) is 68.3. The molecular formula is C60H104O12S. The molecule has 13 heteroatoms. The first-order chi connectivity index (χ1) is 35.6. The number of esters is 1. The van der Waals surface area contributed by atoms with Crippen LogP contribution in [0.2, 0.25) is 0 Å². The molecule has 0 amide bonds. The molecule has 0 aromatic rings. The van der Waals surface area contributed by atoms with E-state index in [0.29, 0.717) is 13.0 Å². The Morgan fingerprint density at radius 2 is 0.945 bits per heavy atom. The van der Waals surface area contributed by atoms with E-state index in [2.05, 4.69) is 103 Å². The first-order valence-corrected chi connectivity index (χ1v) is 30.2. The Morgan fingerprint density at radius 1 is 0.534 bits per heavy atom. The molecule has 1 fully saturated rings. The molecule has 1 rings (SSSR count). The van der Waals surface area contributed by atoms with Gasteiger partial charge in [-0.25, -0.2) is 4.18 Å². The predicted octanol–water partition coefficient (Wildman–Crippen LogP) is 14.4. The Hall–Kier alpha value is -2.72. The van der Waals surface area contributed by atoms with E-state index in [1.165, 1.54) is 116 Å². The van der Waals surface area contributed by atoms with E-state index in [1.807, 2.05) is 0 Å². The van der Waals surface area contributed by atoms with Gasteiger partial charge in [0.2, 0.25) is 0 Å². The van der Waals surface area contributed by atoms with E-state index < -0.39 is 59.8 Å². The van der Waals surface area contributed by atoms with Crippen molar-refractivity contribution in [3.05, 3.63) is 85.1 Å². The van der Waals surface area contributed by atoms with Crippen LogP contribution in [0.25, 0.3) is 0 Å². The zero-order valence-electron chi connectivity index (χ0n) is 45.7. The summed E-state index contributed by atoms with van der Waals surface area (Å²) >= 11 is 0. The van der Waals surface area contributed by atoms with Crippen molar-refractivity contribution in [2.75, 3.05) is 26.4 Å². The number of ether oxygens (including phenoxy) is 4. The topological polar surface area (TPSA) is 178 Å². The second-order valence-electron chi connectivity index (χ2n) is 19.5. The van der Waals surface area contributed by atoms with E-state index >= 15 is 0 Å². The van der Waals surface area contributed by atoms with Gasteiger partial charge in [-0.3, -0.25) is 9.35 Å². The van der Waals surface area contributed by atoms with E-state index in [0.717, 1.165) is 83.5 Å². The molecule has 1 saturated heterocycles. The van der Waals surface area contributed by atoms with Crippen LogP contribution < -0.4 is 0 Å². The molecule has 1 heterocycles. The highest BCUT2D eigenvalue weighted by molar-refractivity contribution is 7.80. The third kappa shape index (κ3) is 43.1. The van der Waals surface area contributed by atoms with Crippen molar-refractivity contribution in [1.29, 1.82) is 0 Å². The summed E-state index contributed by atoms with van der Waals surface area (Å²) in [7, 11) is -5.08. The maximum atomic E-state index is 12.9. The summed E-state index contributed by atoms with van der Waals surface area (Å²) in [4.78, 5) is 12.9. The van der Waals surface area contributed by atoms with Gasteiger partial charge in [-0.05, 0) is 70.6 Å². The molecule has 422 valence electrons. The second-order valence-corrected chi connectivity index (χ2v) is 20.6. The number of unbranched alkanes of at least 4 members (excludes halogenated alkanes) is 23. The Kier molecular flexibility index (Phi) is 46.9. The van der Waals surface area contributed by atoms with Crippen molar-refractivity contribution < 1.29 is 56.2 Å². The minimum atomic E-state index is -5.08. The lowest BCUT2D eigenvalue weighted by molar-refractivity contribution is -0.301. The van der Waals surface area contributed by atoms with E-state index in [-0.39, 0.29) is 19.6 Å². The third-order valence-corrected chi connectivity index (χ3v) is 13.2. The van der Waals surface area contributed by atoms with E-state index in [4.69, 9.17) is 18.9 Å². The molecule has 0 radical (unpaired) electrons. The molecule has 12 nitrogen and oxygen atoms in total. The Morgan fingerprint density at radius 3 is 1.37 bits per heavy atom. The Labute approximate surface area is 444 Å². The number of aliphatic hydroxyl groups is 3. The van der Waals surface area contributed by atoms with Crippen molar-refractivity contribution in [1.82, 2.24) is 0 Å². The highest BCUT2D eigenvalue weighted by Gasteiger charge is 2.48. The summed E-state index contributed by atoms with van der Waals surface area (Å²) in [6.45, 7) is 3.86. The van der Waals surface area contributed by atoms with Crippen LogP contribution in [0, 0.1) is 0 Å². The maximum Gasteiger partial charge on any atom is 0.397 e. The van der Waals surface area contributed by atoms with Crippen LogP contribution in [0.4, 0.5) is 0 Å². The molecule has 1 aliphatic heterocycles. The average molecular weight is 1050 g/mol. The summed E-state index contributed by atoms with van der Waals surface area (Å²) in [6.07, 6.45) is 59.0. The molecule has 0 spiro atoms. The van der Waals surface area contributed by atoms with Crippen molar-refractivity contribution in [3.8, 4) is 0 Å². The van der Waals surface area contributed by atoms with Crippen LogP contribution in [0.3, 0.4) is 0 Å². The first-order valence-electron chi connectivity index (χ1n) is 28.8. The molecule has 73 heavy (non-hydrogen) atoms. The second kappa shape index (κ2) is 50.1. The zero-order chi connectivity index (χ0) is 53.1. The minimum Gasteiger partial charge on any atom is -0.457 e. The Bertz CT molecular complexity index is 1590. The molecule has 0 aromatic carbocycles. The summed E-state index contributed by atoms with van der Waals surface area (Å²) < 4.78 is 59.4. The van der Waals surface area contributed by atoms with Gasteiger partial charge < -0.3 is 34.3 Å². The van der Waals surface area contributed by atoms with Crippen molar-refractivity contribution in [2.24, 2.45) is 0 Å². The highest BCUT2D eigenvalue weighted by Crippen LogP contribution is 2.26. The number of rotatable bonds is 50. The molecule has 0 bridgehead atoms. The zero-order valence-corrected chi connectivity index (χ0v) is 46.5. The molecule has 1 aliphatic rings. The smallest absolute Gasteiger partial charge is 0.397 e. The fraction of sp³-hybridized carbons (Fsp3) is 0.750. The van der Waals surface area contributed by atoms with Gasteiger partial charge >= 0.3 is 16.4 Å². The van der Waals surface area contributed by atoms with Gasteiger partial charge in [0.15, 0.2) is 6.29 Å². The largest absolute Gasteiger partial charge is 0.457 e. The molecular weight excluding hydrogens is 945 g/mol. The van der Waals surface area contributed by atoms with Gasteiger partial charge in [-0.2, -0.15) is 8.42 Å². The van der Waals surface area contributed by atoms with E-state index in [9.17, 15) is 33.1 Å². The lowest BCUT2D eigenvalue weighted by Gasteiger charge is -2.41. The molecule has 6 unspecified atom stereocenters. The predicted molar refractivity (Wildman–Crippen MR) is 299 cm³/mol. The van der Waals surface area contributed by atoms with Crippen molar-refractivity contribution in [3.63, 3.8) is 0 Å². The van der Waals surface area contributed by atoms with Gasteiger partial charge in [0, 0.05) is 13.0 Å². The SMILES string of the molecule is CC/C=C\C/C=C\C/C=C\C/C=C\C/C=C\C/C=C\C/C=C\CCCCCC(=O)OC(COCCCCCCCCCCCCCCCCCCCCCCC)COC1OC(CO)C(O)C(OS(=O)(=O)O)C1O. The van der Waals surface area contributed by atoms with E-state index in [1.54, 1.807) is 0 Å². The summed E-state index contributed by atoms with van der Waals surface area (Å²) in [5.41, 5.74) is 0. The van der Waals surface area contributed by atoms with Crippen molar-refractivity contribution in [2.45, 2.75) is 263 Å². The number of carbonyl (C=O) groups is 1. The highest BCUT2D eigenvalue weighted by atomic mass is 32.3. The molecule has 6 atom stereocenters. The van der Waals surface area contributed by atoms with Crippen LogP contribution in [0.5, 0.6) is 0 Å². The summed E-state index contributed by atoms with van der Waals surface area (Å²) in [5, 5.41) is 30.8. The maximum absolute atomic E-state index is 12.9. The van der Waals surface area contributed by atoms with Gasteiger partial charge in [0.25, 0.3) is 0 Å². The number of hydrogen-bond acceptors (Lipinski definition) is 11. The number of aliphatic hydroxyl groups excluding tert-OH is 3. The van der Waals surface area contributed by atoms with Crippen LogP contribution in [-0.2, 0) is 38.3 Å². The fourth-order valence-electron chi connectivity index (χ4n) is 8.48. The summed E-state index contributed by atoms with van der Waals surface area (Å²) in [5.74, 6) is -0.430. The summed E-state index contributed by atoms with van der Waals surface area (Å²) in [6, 6.07) is 0. The normalized spacial score (nSPS) is 19.5. The lowest BCUT2D eigenvalue weighted by Crippen LogP contribution is -2.60.